The topological polar surface area (TPSA) is 105 Å². The van der Waals surface area contributed by atoms with E-state index in [9.17, 15) is 18.5 Å². The van der Waals surface area contributed by atoms with Gasteiger partial charge in [0.2, 0.25) is 0 Å². The molecule has 1 aromatic heterocycles. The number of nitrogens with zero attached hydrogens (tertiary/aromatic N) is 3. The van der Waals surface area contributed by atoms with E-state index in [0.717, 1.165) is 6.07 Å². The number of aromatic nitrogens is 1. The number of nitro groups is 1. The second-order valence-corrected chi connectivity index (χ2v) is 8.42. The highest BCUT2D eigenvalue weighted by atomic mass is 32.2. The molecule has 0 radical (unpaired) electrons. The lowest BCUT2D eigenvalue weighted by Crippen LogP contribution is -2.30. The molecule has 3 rings (SSSR count). The first kappa shape index (κ1) is 21.3. The van der Waals surface area contributed by atoms with E-state index < -0.39 is 14.9 Å². The standard InChI is InChI=1S/C21H22N4O4S/c1-3-24(17-9-5-4-6-10-17)30(28,29)18-12-13-20(21(15-18)25(26)27)23-16(2)19-11-7-8-14-22-19/h4-16,23H,3H2,1-2H3. The highest BCUT2D eigenvalue weighted by molar-refractivity contribution is 7.92. The molecular formula is C21H22N4O4S. The van der Waals surface area contributed by atoms with Gasteiger partial charge in [-0.3, -0.25) is 19.4 Å². The molecule has 9 heteroatoms. The van der Waals surface area contributed by atoms with Crippen molar-refractivity contribution in [3.05, 3.63) is 88.7 Å². The molecule has 1 heterocycles. The van der Waals surface area contributed by atoms with Crippen LogP contribution in [-0.4, -0.2) is 24.9 Å². The Morgan fingerprint density at radius 3 is 2.40 bits per heavy atom. The zero-order valence-corrected chi connectivity index (χ0v) is 17.4. The third-order valence-electron chi connectivity index (χ3n) is 4.59. The summed E-state index contributed by atoms with van der Waals surface area (Å²) < 4.78 is 27.6. The van der Waals surface area contributed by atoms with Gasteiger partial charge in [0, 0.05) is 18.8 Å². The van der Waals surface area contributed by atoms with Gasteiger partial charge < -0.3 is 5.32 Å². The molecule has 3 aromatic rings. The number of pyridine rings is 1. The van der Waals surface area contributed by atoms with Crippen LogP contribution in [0.2, 0.25) is 0 Å². The Kier molecular flexibility index (Phi) is 6.31. The SMILES string of the molecule is CCN(c1ccccc1)S(=O)(=O)c1ccc(NC(C)c2ccccn2)c([N+](=O)[O-])c1. The van der Waals surface area contributed by atoms with Gasteiger partial charge >= 0.3 is 0 Å². The van der Waals surface area contributed by atoms with Crippen LogP contribution in [0.25, 0.3) is 0 Å². The number of benzene rings is 2. The van der Waals surface area contributed by atoms with Crippen LogP contribution >= 0.6 is 0 Å². The normalized spacial score (nSPS) is 12.2. The fourth-order valence-electron chi connectivity index (χ4n) is 3.10. The number of sulfonamides is 1. The van der Waals surface area contributed by atoms with Gasteiger partial charge in [-0.2, -0.15) is 0 Å². The predicted molar refractivity (Wildman–Crippen MR) is 116 cm³/mol. The summed E-state index contributed by atoms with van der Waals surface area (Å²) in [7, 11) is -3.97. The fraction of sp³-hybridized carbons (Fsp3) is 0.190. The number of nitrogens with one attached hydrogen (secondary N) is 1. The first-order chi connectivity index (χ1) is 14.3. The van der Waals surface area contributed by atoms with Crippen LogP contribution in [0.4, 0.5) is 17.1 Å². The third-order valence-corrected chi connectivity index (χ3v) is 6.49. The predicted octanol–water partition coefficient (Wildman–Crippen LogP) is 4.38. The Morgan fingerprint density at radius 2 is 1.80 bits per heavy atom. The first-order valence-electron chi connectivity index (χ1n) is 9.38. The van der Waals surface area contributed by atoms with Crippen LogP contribution in [-0.2, 0) is 10.0 Å². The maximum Gasteiger partial charge on any atom is 0.293 e. The van der Waals surface area contributed by atoms with Crippen molar-refractivity contribution in [2.24, 2.45) is 0 Å². The maximum atomic E-state index is 13.2. The molecule has 0 spiro atoms. The summed E-state index contributed by atoms with van der Waals surface area (Å²) in [5.41, 5.74) is 1.11. The quantitative estimate of drug-likeness (QED) is 0.423. The van der Waals surface area contributed by atoms with Crippen LogP contribution in [0.3, 0.4) is 0 Å². The highest BCUT2D eigenvalue weighted by Gasteiger charge is 2.27. The molecule has 0 aliphatic carbocycles. The van der Waals surface area contributed by atoms with Crippen molar-refractivity contribution < 1.29 is 13.3 Å². The smallest absolute Gasteiger partial charge is 0.293 e. The van der Waals surface area contributed by atoms with E-state index in [-0.39, 0.29) is 28.9 Å². The van der Waals surface area contributed by atoms with E-state index in [1.54, 1.807) is 55.6 Å². The summed E-state index contributed by atoms with van der Waals surface area (Å²) >= 11 is 0. The third kappa shape index (κ3) is 4.41. The van der Waals surface area contributed by atoms with Crippen molar-refractivity contribution >= 4 is 27.1 Å². The maximum absolute atomic E-state index is 13.2. The van der Waals surface area contributed by atoms with E-state index in [1.165, 1.54) is 16.4 Å². The Hall–Kier alpha value is -3.46. The Balaban J connectivity index is 1.97. The molecule has 8 nitrogen and oxygen atoms in total. The van der Waals surface area contributed by atoms with Gasteiger partial charge in [-0.05, 0) is 50.2 Å². The molecule has 0 aliphatic heterocycles. The van der Waals surface area contributed by atoms with Gasteiger partial charge in [-0.1, -0.05) is 24.3 Å². The number of rotatable bonds is 8. The molecule has 0 fully saturated rings. The Morgan fingerprint density at radius 1 is 1.10 bits per heavy atom. The van der Waals surface area contributed by atoms with Crippen LogP contribution in [0.15, 0.2) is 77.8 Å². The van der Waals surface area contributed by atoms with Gasteiger partial charge in [-0.25, -0.2) is 8.42 Å². The van der Waals surface area contributed by atoms with E-state index >= 15 is 0 Å². The zero-order chi connectivity index (χ0) is 21.7. The lowest BCUT2D eigenvalue weighted by Gasteiger charge is -2.23. The Labute approximate surface area is 175 Å². The summed E-state index contributed by atoms with van der Waals surface area (Å²) in [6, 6.07) is 17.6. The highest BCUT2D eigenvalue weighted by Crippen LogP contribution is 2.32. The molecule has 0 aliphatic rings. The average molecular weight is 426 g/mol. The Bertz CT molecular complexity index is 1120. The van der Waals surface area contributed by atoms with Crippen LogP contribution < -0.4 is 9.62 Å². The summed E-state index contributed by atoms with van der Waals surface area (Å²) in [6.07, 6.45) is 1.64. The van der Waals surface area contributed by atoms with Gasteiger partial charge in [0.1, 0.15) is 5.69 Å². The zero-order valence-electron chi connectivity index (χ0n) is 16.6. The molecule has 156 valence electrons. The van der Waals surface area contributed by atoms with E-state index in [2.05, 4.69) is 10.3 Å². The summed E-state index contributed by atoms with van der Waals surface area (Å²) in [4.78, 5) is 15.2. The monoisotopic (exact) mass is 426 g/mol. The second kappa shape index (κ2) is 8.91. The van der Waals surface area contributed by atoms with Gasteiger partial charge in [0.05, 0.1) is 27.2 Å². The van der Waals surface area contributed by atoms with Crippen molar-refractivity contribution in [1.82, 2.24) is 4.98 Å². The molecule has 1 atom stereocenters. The lowest BCUT2D eigenvalue weighted by molar-refractivity contribution is -0.384. The minimum atomic E-state index is -3.97. The molecule has 1 unspecified atom stereocenters. The van der Waals surface area contributed by atoms with Crippen LogP contribution in [0.1, 0.15) is 25.6 Å². The molecule has 0 saturated heterocycles. The largest absolute Gasteiger partial charge is 0.371 e. The average Bonchev–Trinajstić information content (AvgIpc) is 2.75. The molecular weight excluding hydrogens is 404 g/mol. The number of anilines is 2. The molecule has 0 bridgehead atoms. The minimum absolute atomic E-state index is 0.143. The van der Waals surface area contributed by atoms with Crippen molar-refractivity contribution in [2.45, 2.75) is 24.8 Å². The number of para-hydroxylation sites is 1. The second-order valence-electron chi connectivity index (χ2n) is 6.56. The fourth-order valence-corrected chi connectivity index (χ4v) is 4.59. The molecule has 0 saturated carbocycles. The van der Waals surface area contributed by atoms with Crippen molar-refractivity contribution in [2.75, 3.05) is 16.2 Å². The summed E-state index contributed by atoms with van der Waals surface area (Å²) in [6.45, 7) is 3.73. The summed E-state index contributed by atoms with van der Waals surface area (Å²) in [5.74, 6) is 0. The van der Waals surface area contributed by atoms with Crippen LogP contribution in [0, 0.1) is 10.1 Å². The van der Waals surface area contributed by atoms with Crippen LogP contribution in [0.5, 0.6) is 0 Å². The molecule has 2 aromatic carbocycles. The van der Waals surface area contributed by atoms with Gasteiger partial charge in [-0.15, -0.1) is 0 Å². The first-order valence-corrected chi connectivity index (χ1v) is 10.8. The van der Waals surface area contributed by atoms with E-state index in [4.69, 9.17) is 0 Å². The van der Waals surface area contributed by atoms with Crippen molar-refractivity contribution in [3.63, 3.8) is 0 Å². The number of hydrogen-bond donors (Lipinski definition) is 1. The van der Waals surface area contributed by atoms with Crippen molar-refractivity contribution in [1.29, 1.82) is 0 Å². The van der Waals surface area contributed by atoms with E-state index in [0.29, 0.717) is 11.4 Å². The van der Waals surface area contributed by atoms with Gasteiger partial charge in [0.15, 0.2) is 0 Å². The molecule has 1 N–H and O–H groups in total. The van der Waals surface area contributed by atoms with Crippen molar-refractivity contribution in [3.8, 4) is 0 Å². The number of hydrogen-bond acceptors (Lipinski definition) is 6. The van der Waals surface area contributed by atoms with E-state index in [1.807, 2.05) is 13.0 Å². The lowest BCUT2D eigenvalue weighted by atomic mass is 10.2. The number of nitro benzene ring substituents is 1. The minimum Gasteiger partial charge on any atom is -0.371 e. The molecule has 30 heavy (non-hydrogen) atoms. The van der Waals surface area contributed by atoms with Gasteiger partial charge in [0.25, 0.3) is 15.7 Å². The molecule has 0 amide bonds. The summed E-state index contributed by atoms with van der Waals surface area (Å²) in [5, 5.41) is 14.7.